The number of aliphatic hydroxyl groups excluding tert-OH is 1. The quantitative estimate of drug-likeness (QED) is 0.861. The van der Waals surface area contributed by atoms with Gasteiger partial charge in [-0.3, -0.25) is 9.59 Å². The van der Waals surface area contributed by atoms with E-state index in [0.29, 0.717) is 38.0 Å². The van der Waals surface area contributed by atoms with Crippen molar-refractivity contribution in [2.75, 3.05) is 20.1 Å². The second kappa shape index (κ2) is 7.05. The lowest BCUT2D eigenvalue weighted by molar-refractivity contribution is -0.161. The van der Waals surface area contributed by atoms with Crippen molar-refractivity contribution >= 4 is 23.2 Å². The summed E-state index contributed by atoms with van der Waals surface area (Å²) in [4.78, 5) is 33.3. The number of aliphatic hydroxyl groups is 1. The van der Waals surface area contributed by atoms with E-state index in [1.807, 2.05) is 30.3 Å². The maximum absolute atomic E-state index is 13.2. The van der Waals surface area contributed by atoms with Crippen molar-refractivity contribution in [2.24, 2.45) is 5.41 Å². The van der Waals surface area contributed by atoms with Gasteiger partial charge in [-0.2, -0.15) is 0 Å². The van der Waals surface area contributed by atoms with E-state index in [1.54, 1.807) is 27.7 Å². The van der Waals surface area contributed by atoms with Crippen LogP contribution in [0.15, 0.2) is 41.2 Å². The van der Waals surface area contributed by atoms with Crippen LogP contribution in [0.2, 0.25) is 0 Å². The van der Waals surface area contributed by atoms with Crippen molar-refractivity contribution in [3.05, 3.63) is 52.5 Å². The molecule has 2 aliphatic rings. The molecule has 2 amide bonds. The summed E-state index contributed by atoms with van der Waals surface area (Å²) in [5.74, 6) is -0.00664. The Morgan fingerprint density at radius 3 is 2.59 bits per heavy atom. The second-order valence-corrected chi connectivity index (χ2v) is 8.21. The van der Waals surface area contributed by atoms with Crippen LogP contribution in [-0.4, -0.2) is 57.9 Å². The van der Waals surface area contributed by atoms with Gasteiger partial charge in [0.25, 0.3) is 5.91 Å². The Morgan fingerprint density at radius 1 is 1.26 bits per heavy atom. The summed E-state index contributed by atoms with van der Waals surface area (Å²) in [5, 5.41) is 12.6. The second-order valence-electron chi connectivity index (χ2n) is 7.49. The van der Waals surface area contributed by atoms with Crippen LogP contribution in [0.3, 0.4) is 0 Å². The number of thiazole rings is 1. The number of benzene rings is 1. The number of aromatic nitrogens is 1. The first-order valence-corrected chi connectivity index (χ1v) is 10.1. The van der Waals surface area contributed by atoms with Gasteiger partial charge >= 0.3 is 0 Å². The van der Waals surface area contributed by atoms with Crippen molar-refractivity contribution in [2.45, 2.75) is 31.4 Å². The molecule has 0 bridgehead atoms. The van der Waals surface area contributed by atoms with E-state index >= 15 is 0 Å². The van der Waals surface area contributed by atoms with Crippen LogP contribution in [0.5, 0.6) is 0 Å². The van der Waals surface area contributed by atoms with E-state index < -0.39 is 11.5 Å². The molecule has 1 N–H and O–H groups in total. The summed E-state index contributed by atoms with van der Waals surface area (Å²) in [7, 11) is 1.77. The third-order valence-corrected chi connectivity index (χ3v) is 6.54. The average molecular weight is 385 g/mol. The molecular formula is C20H23N3O3S. The van der Waals surface area contributed by atoms with Gasteiger partial charge in [-0.05, 0) is 24.8 Å². The van der Waals surface area contributed by atoms with Gasteiger partial charge in [0.15, 0.2) is 0 Å². The summed E-state index contributed by atoms with van der Waals surface area (Å²) in [6.45, 7) is 1.03. The lowest BCUT2D eigenvalue weighted by Crippen LogP contribution is -2.57. The molecule has 2 aliphatic heterocycles. The largest absolute Gasteiger partial charge is 0.391 e. The number of carbonyl (C=O) groups excluding carboxylic acids is 2. The van der Waals surface area contributed by atoms with Gasteiger partial charge < -0.3 is 14.9 Å². The summed E-state index contributed by atoms with van der Waals surface area (Å²) < 4.78 is 0. The highest BCUT2D eigenvalue weighted by Gasteiger charge is 2.51. The van der Waals surface area contributed by atoms with Gasteiger partial charge in [0.2, 0.25) is 5.91 Å². The molecule has 2 saturated heterocycles. The molecule has 27 heavy (non-hydrogen) atoms. The van der Waals surface area contributed by atoms with Gasteiger partial charge in [-0.15, -0.1) is 11.3 Å². The Labute approximate surface area is 162 Å². The fourth-order valence-electron chi connectivity index (χ4n) is 4.49. The lowest BCUT2D eigenvalue weighted by atomic mass is 9.68. The van der Waals surface area contributed by atoms with Gasteiger partial charge in [-0.1, -0.05) is 30.3 Å². The zero-order chi connectivity index (χ0) is 19.0. The number of likely N-dealkylation sites (N-methyl/N-ethyl adjacent to an activating group) is 1. The van der Waals surface area contributed by atoms with Crippen molar-refractivity contribution < 1.29 is 14.7 Å². The lowest BCUT2D eigenvalue weighted by Gasteiger charge is -2.50. The predicted molar refractivity (Wildman–Crippen MR) is 102 cm³/mol. The molecule has 2 atom stereocenters. The maximum Gasteiger partial charge on any atom is 0.273 e. The van der Waals surface area contributed by atoms with Crippen LogP contribution in [0.4, 0.5) is 0 Å². The molecule has 2 aromatic rings. The highest BCUT2D eigenvalue weighted by molar-refractivity contribution is 7.07. The van der Waals surface area contributed by atoms with Crippen LogP contribution in [0.1, 0.15) is 41.4 Å². The number of hydrogen-bond acceptors (Lipinski definition) is 5. The van der Waals surface area contributed by atoms with Crippen LogP contribution in [0, 0.1) is 5.41 Å². The fraction of sp³-hybridized carbons (Fsp3) is 0.450. The summed E-state index contributed by atoms with van der Waals surface area (Å²) in [6, 6.07) is 9.35. The fourth-order valence-corrected chi connectivity index (χ4v) is 5.02. The number of amides is 2. The molecule has 0 radical (unpaired) electrons. The van der Waals surface area contributed by atoms with Gasteiger partial charge in [0.1, 0.15) is 5.69 Å². The molecular weight excluding hydrogens is 362 g/mol. The summed E-state index contributed by atoms with van der Waals surface area (Å²) in [5.41, 5.74) is 2.48. The molecule has 7 heteroatoms. The molecule has 2 fully saturated rings. The first kappa shape index (κ1) is 18.1. The zero-order valence-electron chi connectivity index (χ0n) is 15.2. The Kier molecular flexibility index (Phi) is 4.74. The molecule has 1 aromatic carbocycles. The molecule has 4 rings (SSSR count). The van der Waals surface area contributed by atoms with Crippen LogP contribution >= 0.6 is 11.3 Å². The topological polar surface area (TPSA) is 73.7 Å². The van der Waals surface area contributed by atoms with Crippen molar-refractivity contribution in [1.29, 1.82) is 0 Å². The van der Waals surface area contributed by atoms with Crippen LogP contribution in [-0.2, 0) is 4.79 Å². The standard InChI is InChI=1S/C20H23N3O3S/c1-22-17(14-5-3-2-4-6-14)16(24)11-20(19(22)26)7-9-23(10-8-20)18(25)15-12-27-13-21-15/h2-6,12-13,16-17,24H,7-11H2,1H3/t16-,17+/m1/s1. The highest BCUT2D eigenvalue weighted by Crippen LogP contribution is 2.46. The van der Waals surface area contributed by atoms with Crippen molar-refractivity contribution in [1.82, 2.24) is 14.8 Å². The van der Waals surface area contributed by atoms with E-state index in [-0.39, 0.29) is 17.9 Å². The SMILES string of the molecule is CN1C(=O)C2(CCN(C(=O)c3cscn3)CC2)C[C@@H](O)[C@@H]1c1ccccc1. The van der Waals surface area contributed by atoms with E-state index in [2.05, 4.69) is 4.98 Å². The zero-order valence-corrected chi connectivity index (χ0v) is 16.1. The molecule has 0 unspecified atom stereocenters. The molecule has 6 nitrogen and oxygen atoms in total. The minimum Gasteiger partial charge on any atom is -0.391 e. The van der Waals surface area contributed by atoms with Gasteiger partial charge in [0.05, 0.1) is 23.1 Å². The monoisotopic (exact) mass is 385 g/mol. The van der Waals surface area contributed by atoms with Crippen LogP contribution < -0.4 is 0 Å². The first-order chi connectivity index (χ1) is 13.0. The van der Waals surface area contributed by atoms with Gasteiger partial charge in [-0.25, -0.2) is 4.98 Å². The molecule has 1 spiro atoms. The molecule has 3 heterocycles. The molecule has 142 valence electrons. The Bertz CT molecular complexity index is 816. The number of carbonyl (C=O) groups is 2. The van der Waals surface area contributed by atoms with E-state index in [0.717, 1.165) is 5.56 Å². The third kappa shape index (κ3) is 3.15. The smallest absolute Gasteiger partial charge is 0.273 e. The number of rotatable bonds is 2. The number of hydrogen-bond donors (Lipinski definition) is 1. The van der Waals surface area contributed by atoms with Crippen LogP contribution in [0.25, 0.3) is 0 Å². The van der Waals surface area contributed by atoms with E-state index in [4.69, 9.17) is 0 Å². The molecule has 1 aromatic heterocycles. The highest BCUT2D eigenvalue weighted by atomic mass is 32.1. The Morgan fingerprint density at radius 2 is 1.96 bits per heavy atom. The van der Waals surface area contributed by atoms with E-state index in [9.17, 15) is 14.7 Å². The minimum absolute atomic E-state index is 0.0717. The van der Waals surface area contributed by atoms with E-state index in [1.165, 1.54) is 11.3 Å². The molecule has 0 aliphatic carbocycles. The number of nitrogens with zero attached hydrogens (tertiary/aromatic N) is 3. The summed E-state index contributed by atoms with van der Waals surface area (Å²) in [6.07, 6.45) is 0.972. The predicted octanol–water partition coefficient (Wildman–Crippen LogP) is 2.33. The number of piperidine rings is 2. The minimum atomic E-state index is -0.615. The number of likely N-dealkylation sites (tertiary alicyclic amines) is 2. The summed E-state index contributed by atoms with van der Waals surface area (Å²) >= 11 is 1.40. The average Bonchev–Trinajstić information content (AvgIpc) is 3.22. The van der Waals surface area contributed by atoms with Crippen molar-refractivity contribution in [3.63, 3.8) is 0 Å². The molecule has 0 saturated carbocycles. The van der Waals surface area contributed by atoms with Crippen molar-refractivity contribution in [3.8, 4) is 0 Å². The maximum atomic E-state index is 13.2. The van der Waals surface area contributed by atoms with Gasteiger partial charge in [0, 0.05) is 25.5 Å². The Hall–Kier alpha value is -2.25. The first-order valence-electron chi connectivity index (χ1n) is 9.20. The normalized spacial score (nSPS) is 25.0. The third-order valence-electron chi connectivity index (χ3n) is 5.96. The Balaban J connectivity index is 1.49.